The second-order valence-corrected chi connectivity index (χ2v) is 4.89. The fourth-order valence-corrected chi connectivity index (χ4v) is 2.77. The van der Waals surface area contributed by atoms with Gasteiger partial charge in [-0.25, -0.2) is 0 Å². The van der Waals surface area contributed by atoms with Crippen LogP contribution in [0.3, 0.4) is 0 Å². The molecule has 6 heteroatoms. The van der Waals surface area contributed by atoms with E-state index in [0.717, 1.165) is 11.1 Å². The topological polar surface area (TPSA) is 71.1 Å². The Hall–Kier alpha value is -2.24. The Bertz CT molecular complexity index is 527. The highest BCUT2D eigenvalue weighted by Gasteiger charge is 2.52. The highest BCUT2D eigenvalue weighted by Crippen LogP contribution is 2.43. The van der Waals surface area contributed by atoms with Crippen molar-refractivity contribution in [3.63, 3.8) is 0 Å². The van der Waals surface area contributed by atoms with Gasteiger partial charge in [-0.05, 0) is 36.1 Å². The number of rotatable bonds is 4. The minimum Gasteiger partial charge on any atom is -0.493 e. The summed E-state index contributed by atoms with van der Waals surface area (Å²) >= 11 is 0. The zero-order valence-electron chi connectivity index (χ0n) is 12.5. The maximum atomic E-state index is 12.1. The molecule has 0 spiro atoms. The van der Waals surface area contributed by atoms with Gasteiger partial charge in [0.1, 0.15) is 0 Å². The summed E-state index contributed by atoms with van der Waals surface area (Å²) in [7, 11) is 5.59. The largest absolute Gasteiger partial charge is 0.493 e. The SMILES string of the molecule is COC(=O)C1(C(=O)OC)Cc2cc(OC)c(OC)cc2C1. The Balaban J connectivity index is 2.48. The van der Waals surface area contributed by atoms with E-state index in [1.165, 1.54) is 28.4 Å². The number of benzene rings is 1. The van der Waals surface area contributed by atoms with Gasteiger partial charge >= 0.3 is 11.9 Å². The Morgan fingerprint density at radius 2 is 1.24 bits per heavy atom. The van der Waals surface area contributed by atoms with Crippen LogP contribution in [0.25, 0.3) is 0 Å². The second-order valence-electron chi connectivity index (χ2n) is 4.89. The van der Waals surface area contributed by atoms with E-state index in [1.54, 1.807) is 12.1 Å². The van der Waals surface area contributed by atoms with Gasteiger partial charge in [0.15, 0.2) is 16.9 Å². The molecule has 0 radical (unpaired) electrons. The summed E-state index contributed by atoms with van der Waals surface area (Å²) in [5.74, 6) is -0.0736. The van der Waals surface area contributed by atoms with Crippen LogP contribution in [-0.2, 0) is 31.9 Å². The van der Waals surface area contributed by atoms with Gasteiger partial charge in [0.25, 0.3) is 0 Å². The molecule has 0 atom stereocenters. The lowest BCUT2D eigenvalue weighted by Crippen LogP contribution is -2.42. The van der Waals surface area contributed by atoms with E-state index < -0.39 is 17.4 Å². The van der Waals surface area contributed by atoms with Gasteiger partial charge in [0.05, 0.1) is 28.4 Å². The van der Waals surface area contributed by atoms with Crippen molar-refractivity contribution in [2.45, 2.75) is 12.8 Å². The maximum absolute atomic E-state index is 12.1. The summed E-state index contributed by atoms with van der Waals surface area (Å²) in [5.41, 5.74) is 0.371. The number of ether oxygens (including phenoxy) is 4. The van der Waals surface area contributed by atoms with Crippen LogP contribution in [-0.4, -0.2) is 40.4 Å². The number of esters is 2. The normalized spacial score (nSPS) is 15.0. The van der Waals surface area contributed by atoms with E-state index in [4.69, 9.17) is 18.9 Å². The first-order valence-electron chi connectivity index (χ1n) is 6.43. The molecule has 0 bridgehead atoms. The van der Waals surface area contributed by atoms with Crippen LogP contribution < -0.4 is 9.47 Å². The van der Waals surface area contributed by atoms with E-state index in [9.17, 15) is 9.59 Å². The quantitative estimate of drug-likeness (QED) is 0.612. The molecule has 0 amide bonds. The first-order chi connectivity index (χ1) is 10.0. The molecule has 1 aromatic rings. The molecule has 114 valence electrons. The molecule has 0 saturated carbocycles. The summed E-state index contributed by atoms with van der Waals surface area (Å²) in [6.07, 6.45) is 0.448. The third-order valence-electron chi connectivity index (χ3n) is 3.84. The predicted octanol–water partition coefficient (Wildman–Crippen LogP) is 1.13. The van der Waals surface area contributed by atoms with Crippen LogP contribution in [0, 0.1) is 5.41 Å². The van der Waals surface area contributed by atoms with Crippen molar-refractivity contribution in [1.29, 1.82) is 0 Å². The number of carbonyl (C=O) groups is 2. The molecule has 1 aliphatic rings. The molecule has 0 unspecified atom stereocenters. The van der Waals surface area contributed by atoms with E-state index in [0.29, 0.717) is 11.5 Å². The van der Waals surface area contributed by atoms with Crippen molar-refractivity contribution in [2.24, 2.45) is 5.41 Å². The van der Waals surface area contributed by atoms with E-state index >= 15 is 0 Å². The molecule has 1 aromatic carbocycles. The number of fused-ring (bicyclic) bond motifs is 1. The average molecular weight is 294 g/mol. The standard InChI is InChI=1S/C15H18O6/c1-18-11-5-9-7-15(13(16)20-3,14(17)21-4)8-10(9)6-12(11)19-2/h5-6H,7-8H2,1-4H3. The fourth-order valence-electron chi connectivity index (χ4n) is 2.77. The van der Waals surface area contributed by atoms with Crippen LogP contribution in [0.1, 0.15) is 11.1 Å². The highest BCUT2D eigenvalue weighted by molar-refractivity contribution is 6.01. The van der Waals surface area contributed by atoms with Crippen molar-refractivity contribution >= 4 is 11.9 Å². The zero-order chi connectivity index (χ0) is 15.6. The Morgan fingerprint density at radius 3 is 1.52 bits per heavy atom. The summed E-state index contributed by atoms with van der Waals surface area (Å²) in [4.78, 5) is 24.3. The maximum Gasteiger partial charge on any atom is 0.323 e. The van der Waals surface area contributed by atoms with E-state index in [-0.39, 0.29) is 12.8 Å². The Kier molecular flexibility index (Phi) is 4.06. The summed E-state index contributed by atoms with van der Waals surface area (Å²) in [6, 6.07) is 3.56. The van der Waals surface area contributed by atoms with Crippen molar-refractivity contribution in [2.75, 3.05) is 28.4 Å². The third-order valence-corrected chi connectivity index (χ3v) is 3.84. The van der Waals surface area contributed by atoms with Crippen molar-refractivity contribution < 1.29 is 28.5 Å². The summed E-state index contributed by atoms with van der Waals surface area (Å²) < 4.78 is 20.1. The molecular formula is C15H18O6. The van der Waals surface area contributed by atoms with Crippen LogP contribution in [0.15, 0.2) is 12.1 Å². The molecule has 0 N–H and O–H groups in total. The van der Waals surface area contributed by atoms with Crippen LogP contribution in [0.2, 0.25) is 0 Å². The number of hydrogen-bond acceptors (Lipinski definition) is 6. The molecule has 0 saturated heterocycles. The molecule has 0 aliphatic heterocycles. The molecule has 0 fully saturated rings. The summed E-state index contributed by atoms with van der Waals surface area (Å²) in [6.45, 7) is 0. The molecular weight excluding hydrogens is 276 g/mol. The minimum absolute atomic E-state index is 0.224. The van der Waals surface area contributed by atoms with Crippen molar-refractivity contribution in [1.82, 2.24) is 0 Å². The van der Waals surface area contributed by atoms with Gasteiger partial charge in [-0.15, -0.1) is 0 Å². The molecule has 21 heavy (non-hydrogen) atoms. The van der Waals surface area contributed by atoms with Crippen molar-refractivity contribution in [3.05, 3.63) is 23.3 Å². The molecule has 0 aromatic heterocycles. The number of hydrogen-bond donors (Lipinski definition) is 0. The van der Waals surface area contributed by atoms with Gasteiger partial charge in [0, 0.05) is 0 Å². The van der Waals surface area contributed by atoms with Gasteiger partial charge in [-0.2, -0.15) is 0 Å². The first kappa shape index (κ1) is 15.2. The lowest BCUT2D eigenvalue weighted by atomic mass is 9.85. The predicted molar refractivity (Wildman–Crippen MR) is 73.4 cm³/mol. The fraction of sp³-hybridized carbons (Fsp3) is 0.467. The van der Waals surface area contributed by atoms with E-state index in [2.05, 4.69) is 0 Å². The minimum atomic E-state index is -1.33. The van der Waals surface area contributed by atoms with E-state index in [1.807, 2.05) is 0 Å². The second kappa shape index (κ2) is 5.63. The Labute approximate surface area is 122 Å². The zero-order valence-corrected chi connectivity index (χ0v) is 12.5. The third kappa shape index (κ3) is 2.30. The van der Waals surface area contributed by atoms with Crippen LogP contribution in [0.4, 0.5) is 0 Å². The highest BCUT2D eigenvalue weighted by atomic mass is 16.5. The number of carbonyl (C=O) groups excluding carboxylic acids is 2. The van der Waals surface area contributed by atoms with Crippen molar-refractivity contribution in [3.8, 4) is 11.5 Å². The summed E-state index contributed by atoms with van der Waals surface area (Å²) in [5, 5.41) is 0. The average Bonchev–Trinajstić information content (AvgIpc) is 2.91. The smallest absolute Gasteiger partial charge is 0.323 e. The molecule has 6 nitrogen and oxygen atoms in total. The number of methoxy groups -OCH3 is 4. The van der Waals surface area contributed by atoms with Gasteiger partial charge in [-0.1, -0.05) is 0 Å². The molecule has 0 heterocycles. The van der Waals surface area contributed by atoms with Crippen LogP contribution in [0.5, 0.6) is 11.5 Å². The Morgan fingerprint density at radius 1 is 0.857 bits per heavy atom. The van der Waals surface area contributed by atoms with Gasteiger partial charge < -0.3 is 18.9 Å². The lowest BCUT2D eigenvalue weighted by Gasteiger charge is -2.22. The van der Waals surface area contributed by atoms with Gasteiger partial charge in [0.2, 0.25) is 0 Å². The first-order valence-corrected chi connectivity index (χ1v) is 6.43. The molecule has 1 aliphatic carbocycles. The lowest BCUT2D eigenvalue weighted by molar-refractivity contribution is -0.168. The van der Waals surface area contributed by atoms with Gasteiger partial charge in [-0.3, -0.25) is 9.59 Å². The monoisotopic (exact) mass is 294 g/mol. The molecule has 2 rings (SSSR count). The van der Waals surface area contributed by atoms with Crippen LogP contribution >= 0.6 is 0 Å².